The lowest BCUT2D eigenvalue weighted by Gasteiger charge is -2.31. The van der Waals surface area contributed by atoms with Crippen LogP contribution in [0.1, 0.15) is 49.8 Å². The number of benzene rings is 1. The molecule has 0 radical (unpaired) electrons. The first-order valence-corrected chi connectivity index (χ1v) is 7.08. The zero-order valence-electron chi connectivity index (χ0n) is 10.8. The molecule has 1 aliphatic rings. The van der Waals surface area contributed by atoms with Gasteiger partial charge in [0.25, 0.3) is 0 Å². The highest BCUT2D eigenvalue weighted by Crippen LogP contribution is 2.37. The molecule has 2 rings (SSSR count). The lowest BCUT2D eigenvalue weighted by atomic mass is 9.79. The fourth-order valence-electron chi connectivity index (χ4n) is 2.57. The van der Waals surface area contributed by atoms with Gasteiger partial charge in [0.1, 0.15) is 0 Å². The van der Waals surface area contributed by atoms with Crippen molar-refractivity contribution in [2.45, 2.75) is 45.6 Å². The summed E-state index contributed by atoms with van der Waals surface area (Å²) in [6.45, 7) is 5.25. The van der Waals surface area contributed by atoms with Gasteiger partial charge < -0.3 is 5.32 Å². The maximum Gasteiger partial charge on any atom is 0.0482 e. The molecule has 1 saturated carbocycles. The largest absolute Gasteiger partial charge is 0.310 e. The van der Waals surface area contributed by atoms with Crippen LogP contribution < -0.4 is 5.32 Å². The van der Waals surface area contributed by atoms with Crippen LogP contribution in [0.3, 0.4) is 0 Å². The fraction of sp³-hybridized carbons (Fsp3) is 0.600. The fourth-order valence-corrected chi connectivity index (χ4v) is 2.83. The minimum absolute atomic E-state index is 0.428. The van der Waals surface area contributed by atoms with E-state index < -0.39 is 0 Å². The molecule has 0 aromatic heterocycles. The average Bonchev–Trinajstić information content (AvgIpc) is 2.26. The molecule has 0 spiro atoms. The molecule has 0 bridgehead atoms. The van der Waals surface area contributed by atoms with E-state index in [1.54, 1.807) is 0 Å². The van der Waals surface area contributed by atoms with E-state index in [2.05, 4.69) is 37.4 Å². The Morgan fingerprint density at radius 1 is 1.41 bits per heavy atom. The Bertz CT molecular complexity index is 371. The Morgan fingerprint density at radius 3 is 2.76 bits per heavy atom. The molecule has 1 nitrogen and oxygen atoms in total. The molecule has 1 fully saturated rings. The van der Waals surface area contributed by atoms with Gasteiger partial charge in [-0.25, -0.2) is 0 Å². The highest BCUT2D eigenvalue weighted by Gasteiger charge is 2.24. The van der Waals surface area contributed by atoms with Crippen molar-refractivity contribution < 1.29 is 0 Å². The summed E-state index contributed by atoms with van der Waals surface area (Å²) < 4.78 is 0. The van der Waals surface area contributed by atoms with Gasteiger partial charge in [0, 0.05) is 11.1 Å². The summed E-state index contributed by atoms with van der Waals surface area (Å²) >= 11 is 6.43. The van der Waals surface area contributed by atoms with Crippen molar-refractivity contribution >= 4 is 11.6 Å². The van der Waals surface area contributed by atoms with Crippen LogP contribution in [0.5, 0.6) is 0 Å². The number of hydrogen-bond acceptors (Lipinski definition) is 1. The average molecular weight is 252 g/mol. The molecule has 0 aliphatic heterocycles. The van der Waals surface area contributed by atoms with Crippen molar-refractivity contribution in [2.75, 3.05) is 6.54 Å². The van der Waals surface area contributed by atoms with E-state index in [-0.39, 0.29) is 0 Å². The van der Waals surface area contributed by atoms with Gasteiger partial charge in [-0.2, -0.15) is 0 Å². The normalized spacial score (nSPS) is 17.8. The molecule has 1 aromatic carbocycles. The predicted molar refractivity (Wildman–Crippen MR) is 74.6 cm³/mol. The zero-order chi connectivity index (χ0) is 12.3. The molecule has 1 aromatic rings. The highest BCUT2D eigenvalue weighted by molar-refractivity contribution is 6.32. The Labute approximate surface area is 110 Å². The molecular weight excluding hydrogens is 230 g/mol. The van der Waals surface area contributed by atoms with Crippen molar-refractivity contribution in [2.24, 2.45) is 5.92 Å². The van der Waals surface area contributed by atoms with Gasteiger partial charge >= 0.3 is 0 Å². The number of rotatable bonds is 5. The van der Waals surface area contributed by atoms with E-state index in [4.69, 9.17) is 11.6 Å². The minimum atomic E-state index is 0.428. The summed E-state index contributed by atoms with van der Waals surface area (Å²) in [5.41, 5.74) is 2.46. The van der Waals surface area contributed by atoms with E-state index in [1.807, 2.05) is 0 Å². The molecule has 17 heavy (non-hydrogen) atoms. The van der Waals surface area contributed by atoms with Crippen molar-refractivity contribution in [3.8, 4) is 0 Å². The lowest BCUT2D eigenvalue weighted by Crippen LogP contribution is -2.26. The van der Waals surface area contributed by atoms with Crippen molar-refractivity contribution in [1.82, 2.24) is 5.32 Å². The first-order valence-electron chi connectivity index (χ1n) is 6.70. The van der Waals surface area contributed by atoms with E-state index in [0.717, 1.165) is 17.5 Å². The van der Waals surface area contributed by atoms with E-state index >= 15 is 0 Å². The quantitative estimate of drug-likeness (QED) is 0.813. The molecule has 0 heterocycles. The number of aryl methyl sites for hydroxylation is 1. The van der Waals surface area contributed by atoms with Crippen molar-refractivity contribution in [3.05, 3.63) is 34.3 Å². The second kappa shape index (κ2) is 5.88. The number of nitrogens with one attached hydrogen (secondary N) is 1. The highest BCUT2D eigenvalue weighted by atomic mass is 35.5. The van der Waals surface area contributed by atoms with Crippen LogP contribution in [0.2, 0.25) is 5.02 Å². The summed E-state index contributed by atoms with van der Waals surface area (Å²) in [7, 11) is 0. The summed E-state index contributed by atoms with van der Waals surface area (Å²) in [6.07, 6.45) is 5.43. The van der Waals surface area contributed by atoms with Gasteiger partial charge in [-0.05, 0) is 36.9 Å². The van der Waals surface area contributed by atoms with Crippen LogP contribution in [-0.2, 0) is 0 Å². The zero-order valence-corrected chi connectivity index (χ0v) is 11.6. The number of hydrogen-bond donors (Lipinski definition) is 1. The van der Waals surface area contributed by atoms with Crippen LogP contribution >= 0.6 is 11.6 Å². The molecular formula is C15H22ClN. The molecule has 1 atom stereocenters. The summed E-state index contributed by atoms with van der Waals surface area (Å²) in [5, 5.41) is 4.52. The Kier molecular flexibility index (Phi) is 4.47. The molecule has 94 valence electrons. The van der Waals surface area contributed by atoms with Crippen LogP contribution in [0.4, 0.5) is 0 Å². The third-order valence-corrected chi connectivity index (χ3v) is 4.36. The summed E-state index contributed by atoms with van der Waals surface area (Å²) in [5.74, 6) is 0.899. The maximum absolute atomic E-state index is 6.43. The Morgan fingerprint density at radius 2 is 2.18 bits per heavy atom. The molecule has 0 saturated heterocycles. The topological polar surface area (TPSA) is 12.0 Å². The molecule has 1 aliphatic carbocycles. The standard InChI is InChI=1S/C15H22ClN/c1-3-17-14(10-12-7-5-8-12)13-9-4-6-11(2)15(13)16/h4,6,9,12,14,17H,3,5,7-8,10H2,1-2H3. The van der Waals surface area contributed by atoms with E-state index in [1.165, 1.54) is 36.8 Å². The van der Waals surface area contributed by atoms with Gasteiger partial charge in [-0.1, -0.05) is 56.0 Å². The summed E-state index contributed by atoms with van der Waals surface area (Å²) in [4.78, 5) is 0. The van der Waals surface area contributed by atoms with Crippen LogP contribution in [0, 0.1) is 12.8 Å². The van der Waals surface area contributed by atoms with Crippen LogP contribution in [0.15, 0.2) is 18.2 Å². The second-order valence-electron chi connectivity index (χ2n) is 5.12. The predicted octanol–water partition coefficient (Wildman–Crippen LogP) is 4.49. The molecule has 2 heteroatoms. The molecule has 0 amide bonds. The van der Waals surface area contributed by atoms with E-state index in [9.17, 15) is 0 Å². The minimum Gasteiger partial charge on any atom is -0.310 e. The van der Waals surface area contributed by atoms with Gasteiger partial charge in [0.2, 0.25) is 0 Å². The third kappa shape index (κ3) is 3.02. The van der Waals surface area contributed by atoms with Gasteiger partial charge in [-0.15, -0.1) is 0 Å². The molecule has 1 N–H and O–H groups in total. The lowest BCUT2D eigenvalue weighted by molar-refractivity contribution is 0.262. The van der Waals surface area contributed by atoms with Crippen molar-refractivity contribution in [1.29, 1.82) is 0 Å². The van der Waals surface area contributed by atoms with E-state index in [0.29, 0.717) is 6.04 Å². The van der Waals surface area contributed by atoms with Crippen molar-refractivity contribution in [3.63, 3.8) is 0 Å². The Balaban J connectivity index is 2.15. The Hall–Kier alpha value is -0.530. The monoisotopic (exact) mass is 251 g/mol. The SMILES string of the molecule is CCNC(CC1CCC1)c1cccc(C)c1Cl. The first kappa shape index (κ1) is 12.9. The summed E-state index contributed by atoms with van der Waals surface area (Å²) in [6, 6.07) is 6.79. The number of halogens is 1. The third-order valence-electron chi connectivity index (χ3n) is 3.84. The smallest absolute Gasteiger partial charge is 0.0482 e. The van der Waals surface area contributed by atoms with Crippen LogP contribution in [-0.4, -0.2) is 6.54 Å². The van der Waals surface area contributed by atoms with Crippen LogP contribution in [0.25, 0.3) is 0 Å². The van der Waals surface area contributed by atoms with Gasteiger partial charge in [0.05, 0.1) is 0 Å². The second-order valence-corrected chi connectivity index (χ2v) is 5.50. The molecule has 1 unspecified atom stereocenters. The van der Waals surface area contributed by atoms with Gasteiger partial charge in [0.15, 0.2) is 0 Å². The first-order chi connectivity index (χ1) is 8.22. The van der Waals surface area contributed by atoms with Gasteiger partial charge in [-0.3, -0.25) is 0 Å². The maximum atomic E-state index is 6.43.